The Bertz CT molecular complexity index is 518. The molecule has 0 bridgehead atoms. The summed E-state index contributed by atoms with van der Waals surface area (Å²) in [5, 5.41) is 12.1. The third kappa shape index (κ3) is 5.27. The molecule has 0 radical (unpaired) electrons. The molecule has 1 aromatic carbocycles. The maximum Gasteiger partial charge on any atom is 0.330 e. The molecule has 5 nitrogen and oxygen atoms in total. The first kappa shape index (κ1) is 17.3. The van der Waals surface area contributed by atoms with Gasteiger partial charge in [-0.1, -0.05) is 37.8 Å². The lowest BCUT2D eigenvalue weighted by Crippen LogP contribution is -2.34. The Morgan fingerprint density at radius 1 is 1.17 bits per heavy atom. The molecule has 0 heterocycles. The van der Waals surface area contributed by atoms with Crippen molar-refractivity contribution >= 4 is 11.9 Å². The molecule has 1 fully saturated rings. The molecule has 2 rings (SSSR count). The van der Waals surface area contributed by atoms with Gasteiger partial charge in [0, 0.05) is 6.42 Å². The van der Waals surface area contributed by atoms with E-state index in [1.54, 1.807) is 31.4 Å². The summed E-state index contributed by atoms with van der Waals surface area (Å²) in [7, 11) is 1.55. The van der Waals surface area contributed by atoms with Crippen LogP contribution in [-0.4, -0.2) is 24.1 Å². The third-order valence-electron chi connectivity index (χ3n) is 4.45. The first-order valence-electron chi connectivity index (χ1n) is 8.26. The second kappa shape index (κ2) is 8.56. The van der Waals surface area contributed by atoms with Crippen molar-refractivity contribution < 1.29 is 19.4 Å². The van der Waals surface area contributed by atoms with Gasteiger partial charge in [0.1, 0.15) is 5.75 Å². The lowest BCUT2D eigenvalue weighted by Gasteiger charge is -2.18. The van der Waals surface area contributed by atoms with Gasteiger partial charge in [-0.25, -0.2) is 4.79 Å². The van der Waals surface area contributed by atoms with E-state index in [9.17, 15) is 14.7 Å². The SMILES string of the molecule is COc1ccc(C(NC(=O)CC2CCCCCC2)C(=O)O)cc1. The number of carboxylic acid groups (broad SMARTS) is 1. The number of methoxy groups -OCH3 is 1. The lowest BCUT2D eigenvalue weighted by molar-refractivity contribution is -0.142. The van der Waals surface area contributed by atoms with E-state index in [4.69, 9.17) is 4.74 Å². The molecule has 2 N–H and O–H groups in total. The fourth-order valence-corrected chi connectivity index (χ4v) is 3.13. The molecule has 1 unspecified atom stereocenters. The number of rotatable bonds is 6. The number of carbonyl (C=O) groups excluding carboxylic acids is 1. The fraction of sp³-hybridized carbons (Fsp3) is 0.556. The van der Waals surface area contributed by atoms with E-state index in [1.165, 1.54) is 25.7 Å². The fourth-order valence-electron chi connectivity index (χ4n) is 3.13. The Hall–Kier alpha value is -2.04. The Morgan fingerprint density at radius 3 is 2.30 bits per heavy atom. The number of benzene rings is 1. The van der Waals surface area contributed by atoms with Crippen molar-refractivity contribution in [1.82, 2.24) is 5.32 Å². The highest BCUT2D eigenvalue weighted by Crippen LogP contribution is 2.26. The summed E-state index contributed by atoms with van der Waals surface area (Å²) in [6.07, 6.45) is 7.35. The average molecular weight is 319 g/mol. The van der Waals surface area contributed by atoms with Crippen LogP contribution in [0.1, 0.15) is 56.6 Å². The van der Waals surface area contributed by atoms with Crippen LogP contribution in [0.4, 0.5) is 0 Å². The standard InChI is InChI=1S/C18H25NO4/c1-23-15-10-8-14(9-11-15)17(18(21)22)19-16(20)12-13-6-4-2-3-5-7-13/h8-11,13,17H,2-7,12H2,1H3,(H,19,20)(H,21,22). The summed E-state index contributed by atoms with van der Waals surface area (Å²) in [6.45, 7) is 0. The summed E-state index contributed by atoms with van der Waals surface area (Å²) >= 11 is 0. The second-order valence-corrected chi connectivity index (χ2v) is 6.17. The largest absolute Gasteiger partial charge is 0.497 e. The van der Waals surface area contributed by atoms with Crippen LogP contribution in [0.15, 0.2) is 24.3 Å². The van der Waals surface area contributed by atoms with E-state index in [-0.39, 0.29) is 5.91 Å². The summed E-state index contributed by atoms with van der Waals surface area (Å²) < 4.78 is 5.07. The number of amides is 1. The van der Waals surface area contributed by atoms with E-state index in [0.29, 0.717) is 23.7 Å². The quantitative estimate of drug-likeness (QED) is 0.789. The van der Waals surface area contributed by atoms with Crippen LogP contribution >= 0.6 is 0 Å². The predicted molar refractivity (Wildman–Crippen MR) is 87.3 cm³/mol. The molecular formula is C18H25NO4. The first-order chi connectivity index (χ1) is 11.1. The highest BCUT2D eigenvalue weighted by atomic mass is 16.5. The molecule has 1 atom stereocenters. The van der Waals surface area contributed by atoms with Crippen LogP contribution in [0.3, 0.4) is 0 Å². The van der Waals surface area contributed by atoms with Crippen LogP contribution in [0.5, 0.6) is 5.75 Å². The summed E-state index contributed by atoms with van der Waals surface area (Å²) in [5.41, 5.74) is 0.549. The smallest absolute Gasteiger partial charge is 0.330 e. The molecule has 5 heteroatoms. The van der Waals surface area contributed by atoms with E-state index < -0.39 is 12.0 Å². The monoisotopic (exact) mass is 319 g/mol. The van der Waals surface area contributed by atoms with Gasteiger partial charge in [-0.15, -0.1) is 0 Å². The second-order valence-electron chi connectivity index (χ2n) is 6.17. The van der Waals surface area contributed by atoms with Crippen molar-refractivity contribution in [2.45, 2.75) is 51.0 Å². The molecular weight excluding hydrogens is 294 g/mol. The van der Waals surface area contributed by atoms with Gasteiger partial charge >= 0.3 is 5.97 Å². The van der Waals surface area contributed by atoms with Crippen molar-refractivity contribution in [1.29, 1.82) is 0 Å². The Kier molecular flexibility index (Phi) is 6.44. The minimum atomic E-state index is -1.05. The molecule has 0 aromatic heterocycles. The molecule has 1 aromatic rings. The molecule has 0 saturated heterocycles. The first-order valence-corrected chi connectivity index (χ1v) is 8.26. The number of hydrogen-bond donors (Lipinski definition) is 2. The Labute approximate surface area is 137 Å². The van der Waals surface area contributed by atoms with Crippen molar-refractivity contribution in [2.75, 3.05) is 7.11 Å². The topological polar surface area (TPSA) is 75.6 Å². The van der Waals surface area contributed by atoms with Gasteiger partial charge in [-0.05, 0) is 36.5 Å². The average Bonchev–Trinajstić information content (AvgIpc) is 2.81. The Morgan fingerprint density at radius 2 is 1.78 bits per heavy atom. The molecule has 1 amide bonds. The lowest BCUT2D eigenvalue weighted by atomic mass is 9.96. The van der Waals surface area contributed by atoms with E-state index >= 15 is 0 Å². The number of carbonyl (C=O) groups is 2. The van der Waals surface area contributed by atoms with Gasteiger partial charge in [0.05, 0.1) is 7.11 Å². The zero-order valence-corrected chi connectivity index (χ0v) is 13.6. The minimum Gasteiger partial charge on any atom is -0.497 e. The summed E-state index contributed by atoms with van der Waals surface area (Å²) in [4.78, 5) is 23.7. The zero-order chi connectivity index (χ0) is 16.7. The van der Waals surface area contributed by atoms with Gasteiger partial charge in [0.15, 0.2) is 6.04 Å². The number of aliphatic carboxylic acids is 1. The number of ether oxygens (including phenoxy) is 1. The molecule has 23 heavy (non-hydrogen) atoms. The molecule has 0 spiro atoms. The highest BCUT2D eigenvalue weighted by Gasteiger charge is 2.24. The van der Waals surface area contributed by atoms with Crippen LogP contribution in [0.2, 0.25) is 0 Å². The van der Waals surface area contributed by atoms with Gasteiger partial charge < -0.3 is 15.2 Å². The van der Waals surface area contributed by atoms with Crippen LogP contribution < -0.4 is 10.1 Å². The van der Waals surface area contributed by atoms with Crippen molar-refractivity contribution in [3.8, 4) is 5.75 Å². The van der Waals surface area contributed by atoms with Gasteiger partial charge in [0.2, 0.25) is 5.91 Å². The molecule has 1 saturated carbocycles. The normalized spacial score (nSPS) is 17.1. The van der Waals surface area contributed by atoms with Gasteiger partial charge in [-0.2, -0.15) is 0 Å². The minimum absolute atomic E-state index is 0.180. The van der Waals surface area contributed by atoms with Gasteiger partial charge in [-0.3, -0.25) is 4.79 Å². The molecule has 1 aliphatic rings. The Balaban J connectivity index is 1.97. The third-order valence-corrected chi connectivity index (χ3v) is 4.45. The number of carboxylic acids is 1. The van der Waals surface area contributed by atoms with Crippen LogP contribution in [0.25, 0.3) is 0 Å². The van der Waals surface area contributed by atoms with Crippen molar-refractivity contribution in [3.63, 3.8) is 0 Å². The maximum absolute atomic E-state index is 12.2. The van der Waals surface area contributed by atoms with Crippen LogP contribution in [0, 0.1) is 5.92 Å². The maximum atomic E-state index is 12.2. The number of nitrogens with one attached hydrogen (secondary N) is 1. The zero-order valence-electron chi connectivity index (χ0n) is 13.6. The molecule has 1 aliphatic carbocycles. The van der Waals surface area contributed by atoms with Crippen molar-refractivity contribution in [3.05, 3.63) is 29.8 Å². The van der Waals surface area contributed by atoms with E-state index in [2.05, 4.69) is 5.32 Å². The molecule has 0 aliphatic heterocycles. The van der Waals surface area contributed by atoms with Gasteiger partial charge in [0.25, 0.3) is 0 Å². The van der Waals surface area contributed by atoms with Crippen molar-refractivity contribution in [2.24, 2.45) is 5.92 Å². The number of hydrogen-bond acceptors (Lipinski definition) is 3. The van der Waals surface area contributed by atoms with E-state index in [1.807, 2.05) is 0 Å². The molecule has 126 valence electrons. The summed E-state index contributed by atoms with van der Waals surface area (Å²) in [5.74, 6) is -0.199. The highest BCUT2D eigenvalue weighted by molar-refractivity contribution is 5.84. The summed E-state index contributed by atoms with van der Waals surface area (Å²) in [6, 6.07) is 5.72. The van der Waals surface area contributed by atoms with E-state index in [0.717, 1.165) is 12.8 Å². The van der Waals surface area contributed by atoms with Crippen LogP contribution in [-0.2, 0) is 9.59 Å². The predicted octanol–water partition coefficient (Wildman–Crippen LogP) is 3.30.